The summed E-state index contributed by atoms with van der Waals surface area (Å²) in [6.07, 6.45) is 4.34. The van der Waals surface area contributed by atoms with Crippen LogP contribution in [0.5, 0.6) is 0 Å². The molecule has 1 fully saturated rings. The molecule has 1 N–H and O–H groups in total. The van der Waals surface area contributed by atoms with Crippen molar-refractivity contribution in [3.63, 3.8) is 0 Å². The van der Waals surface area contributed by atoms with Crippen LogP contribution in [0.3, 0.4) is 0 Å². The number of rotatable bonds is 3. The molecule has 1 saturated carbocycles. The van der Waals surface area contributed by atoms with Gasteiger partial charge >= 0.3 is 10.4 Å². The third-order valence-corrected chi connectivity index (χ3v) is 7.87. The number of halogens is 3. The van der Waals surface area contributed by atoms with Gasteiger partial charge in [-0.2, -0.15) is 8.42 Å². The van der Waals surface area contributed by atoms with Gasteiger partial charge in [0.15, 0.2) is 0 Å². The molecule has 140 valence electrons. The first-order valence-electron chi connectivity index (χ1n) is 8.27. The number of fused-ring (bicyclic) bond motifs is 3. The molecule has 3 rings (SSSR count). The van der Waals surface area contributed by atoms with Gasteiger partial charge in [-0.05, 0) is 59.6 Å². The smallest absolute Gasteiger partial charge is 0.264 e. The summed E-state index contributed by atoms with van der Waals surface area (Å²) >= 11 is 18.9. The fraction of sp³-hybridized carbons (Fsp3) is 0.647. The molecule has 0 aromatic heterocycles. The maximum Gasteiger partial charge on any atom is 0.397 e. The normalized spacial score (nSPS) is 32.2. The van der Waals surface area contributed by atoms with Gasteiger partial charge in [0, 0.05) is 0 Å². The minimum absolute atomic E-state index is 0.0313. The Balaban J connectivity index is 2.04. The largest absolute Gasteiger partial charge is 0.397 e. The van der Waals surface area contributed by atoms with Crippen LogP contribution in [0.4, 0.5) is 0 Å². The summed E-state index contributed by atoms with van der Waals surface area (Å²) in [6.45, 7) is 4.18. The van der Waals surface area contributed by atoms with Gasteiger partial charge in [0.05, 0.1) is 21.7 Å². The average Bonchev–Trinajstić information content (AvgIpc) is 2.51. The van der Waals surface area contributed by atoms with Crippen LogP contribution in [-0.4, -0.2) is 19.6 Å². The van der Waals surface area contributed by atoms with Crippen molar-refractivity contribution >= 4 is 45.2 Å². The van der Waals surface area contributed by atoms with Crippen LogP contribution in [0.2, 0.25) is 15.1 Å². The summed E-state index contributed by atoms with van der Waals surface area (Å²) in [5.41, 5.74) is 1.58. The molecule has 1 unspecified atom stereocenters. The summed E-state index contributed by atoms with van der Waals surface area (Å²) in [5, 5.41) is 1.34. The Labute approximate surface area is 163 Å². The zero-order chi connectivity index (χ0) is 18.6. The van der Waals surface area contributed by atoms with Gasteiger partial charge in [-0.15, -0.1) is 0 Å². The first kappa shape index (κ1) is 19.7. The Morgan fingerprint density at radius 3 is 2.56 bits per heavy atom. The van der Waals surface area contributed by atoms with Crippen LogP contribution in [0.25, 0.3) is 0 Å². The molecule has 4 nitrogen and oxygen atoms in total. The molecular formula is C17H21Cl3O4S. The second-order valence-corrected chi connectivity index (χ2v) is 9.97. The highest BCUT2D eigenvalue weighted by Crippen LogP contribution is 2.59. The lowest BCUT2D eigenvalue weighted by molar-refractivity contribution is -0.0111. The zero-order valence-corrected chi connectivity index (χ0v) is 17.2. The molecule has 25 heavy (non-hydrogen) atoms. The third-order valence-electron chi connectivity index (χ3n) is 6.15. The Bertz CT molecular complexity index is 811. The highest BCUT2D eigenvalue weighted by Gasteiger charge is 2.52. The molecule has 2 aliphatic carbocycles. The second kappa shape index (κ2) is 6.54. The van der Waals surface area contributed by atoms with E-state index >= 15 is 0 Å². The van der Waals surface area contributed by atoms with Crippen LogP contribution >= 0.6 is 34.8 Å². The highest BCUT2D eigenvalue weighted by molar-refractivity contribution is 7.80. The first-order chi connectivity index (χ1) is 11.5. The van der Waals surface area contributed by atoms with E-state index in [0.717, 1.165) is 43.2 Å². The molecule has 0 radical (unpaired) electrons. The number of hydrogen-bond donors (Lipinski definition) is 1. The molecule has 0 saturated heterocycles. The maximum absolute atomic E-state index is 11.1. The van der Waals surface area contributed by atoms with E-state index in [1.165, 1.54) is 0 Å². The van der Waals surface area contributed by atoms with E-state index < -0.39 is 10.4 Å². The van der Waals surface area contributed by atoms with Crippen molar-refractivity contribution in [2.45, 2.75) is 51.4 Å². The quantitative estimate of drug-likeness (QED) is 0.512. The summed E-state index contributed by atoms with van der Waals surface area (Å²) in [5.74, 6) is 0.191. The minimum Gasteiger partial charge on any atom is -0.264 e. The molecular weight excluding hydrogens is 407 g/mol. The molecule has 1 aromatic rings. The van der Waals surface area contributed by atoms with E-state index in [1.54, 1.807) is 0 Å². The molecule has 2 aliphatic rings. The van der Waals surface area contributed by atoms with Gasteiger partial charge in [0.25, 0.3) is 0 Å². The zero-order valence-electron chi connectivity index (χ0n) is 14.1. The standard InChI is InChI=1S/C17H21Cl3O4S/c1-16(9-24-25(21,22)23)6-3-7-17(2)11-8-12(18)15(20)14(19)10(11)4-5-13(16)17/h8,13H,3-7,9H2,1-2H3,(H,21,22,23)/t13?,16-,17+/m0/s1. The van der Waals surface area contributed by atoms with Crippen molar-refractivity contribution in [2.24, 2.45) is 11.3 Å². The summed E-state index contributed by atoms with van der Waals surface area (Å²) in [4.78, 5) is 0. The van der Waals surface area contributed by atoms with Crippen LogP contribution in [-0.2, 0) is 26.4 Å². The fourth-order valence-corrected chi connectivity index (χ4v) is 6.16. The predicted molar refractivity (Wildman–Crippen MR) is 100 cm³/mol. The van der Waals surface area contributed by atoms with Crippen molar-refractivity contribution in [1.82, 2.24) is 0 Å². The topological polar surface area (TPSA) is 63.6 Å². The van der Waals surface area contributed by atoms with Crippen LogP contribution < -0.4 is 0 Å². The van der Waals surface area contributed by atoms with Gasteiger partial charge in [0.1, 0.15) is 0 Å². The highest BCUT2D eigenvalue weighted by atomic mass is 35.5. The fourth-order valence-electron chi connectivity index (χ4n) is 5.02. The molecule has 0 heterocycles. The number of benzene rings is 1. The van der Waals surface area contributed by atoms with Gasteiger partial charge in [-0.25, -0.2) is 4.18 Å². The Kier molecular flexibility index (Phi) is 5.15. The lowest BCUT2D eigenvalue weighted by Crippen LogP contribution is -2.51. The van der Waals surface area contributed by atoms with Gasteiger partial charge in [0.2, 0.25) is 0 Å². The lowest BCUT2D eigenvalue weighted by Gasteiger charge is -2.55. The van der Waals surface area contributed by atoms with Crippen molar-refractivity contribution in [3.8, 4) is 0 Å². The minimum atomic E-state index is -4.46. The van der Waals surface area contributed by atoms with Crippen LogP contribution in [0, 0.1) is 11.3 Å². The Hall–Kier alpha value is -0.0400. The molecule has 0 aliphatic heterocycles. The van der Waals surface area contributed by atoms with Crippen LogP contribution in [0.15, 0.2) is 6.07 Å². The van der Waals surface area contributed by atoms with Crippen molar-refractivity contribution in [3.05, 3.63) is 32.3 Å². The molecule has 8 heteroatoms. The lowest BCUT2D eigenvalue weighted by atomic mass is 9.50. The first-order valence-corrected chi connectivity index (χ1v) is 10.8. The SMILES string of the molecule is C[C@@]1(COS(=O)(=O)O)CCC[C@]2(C)c3cc(Cl)c(Cl)c(Cl)c3CCC12. The molecule has 0 bridgehead atoms. The summed E-state index contributed by atoms with van der Waals surface area (Å²) in [6, 6.07) is 1.91. The average molecular weight is 428 g/mol. The van der Waals surface area contributed by atoms with Crippen molar-refractivity contribution in [2.75, 3.05) is 6.61 Å². The van der Waals surface area contributed by atoms with E-state index in [4.69, 9.17) is 43.5 Å². The van der Waals surface area contributed by atoms with Gasteiger partial charge < -0.3 is 0 Å². The molecule has 3 atom stereocenters. The Morgan fingerprint density at radius 1 is 1.24 bits per heavy atom. The second-order valence-electron chi connectivity index (χ2n) is 7.72. The van der Waals surface area contributed by atoms with E-state index in [9.17, 15) is 8.42 Å². The van der Waals surface area contributed by atoms with E-state index in [0.29, 0.717) is 15.1 Å². The van der Waals surface area contributed by atoms with Gasteiger partial charge in [-0.3, -0.25) is 4.55 Å². The monoisotopic (exact) mass is 426 g/mol. The summed E-state index contributed by atoms with van der Waals surface area (Å²) < 4.78 is 35.9. The summed E-state index contributed by atoms with van der Waals surface area (Å²) in [7, 11) is -4.46. The van der Waals surface area contributed by atoms with E-state index in [-0.39, 0.29) is 23.4 Å². The maximum atomic E-state index is 11.1. The molecule has 0 amide bonds. The third kappa shape index (κ3) is 3.44. The molecule has 0 spiro atoms. The Morgan fingerprint density at radius 2 is 1.92 bits per heavy atom. The van der Waals surface area contributed by atoms with E-state index in [2.05, 4.69) is 6.92 Å². The van der Waals surface area contributed by atoms with Crippen molar-refractivity contribution in [1.29, 1.82) is 0 Å². The predicted octanol–water partition coefficient (Wildman–Crippen LogP) is 5.48. The van der Waals surface area contributed by atoms with E-state index in [1.807, 2.05) is 13.0 Å². The molecule has 1 aromatic carbocycles. The van der Waals surface area contributed by atoms with Crippen molar-refractivity contribution < 1.29 is 17.2 Å². The van der Waals surface area contributed by atoms with Gasteiger partial charge in [-0.1, -0.05) is 55.1 Å². The number of hydrogen-bond acceptors (Lipinski definition) is 3. The van der Waals surface area contributed by atoms with Crippen LogP contribution in [0.1, 0.15) is 50.7 Å².